The Labute approximate surface area is 143 Å². The van der Waals surface area contributed by atoms with E-state index in [1.807, 2.05) is 6.92 Å². The van der Waals surface area contributed by atoms with E-state index in [1.165, 1.54) is 18.3 Å². The van der Waals surface area contributed by atoms with Gasteiger partial charge in [-0.3, -0.25) is 4.79 Å². The van der Waals surface area contributed by atoms with E-state index in [-0.39, 0.29) is 21.4 Å². The first-order valence-electron chi connectivity index (χ1n) is 6.75. The smallest absolute Gasteiger partial charge is 0.275 e. The summed E-state index contributed by atoms with van der Waals surface area (Å²) < 4.78 is 5.33. The molecule has 0 aromatic heterocycles. The highest BCUT2D eigenvalue weighted by atomic mass is 35.5. The lowest BCUT2D eigenvalue weighted by molar-refractivity contribution is 0.0952. The fraction of sp³-hybridized carbons (Fsp3) is 0.125. The number of hydrogen-bond acceptors (Lipinski definition) is 4. The average molecular weight is 353 g/mol. The molecule has 0 aliphatic heterocycles. The number of aromatic hydroxyl groups is 1. The minimum absolute atomic E-state index is 0.00172. The molecular formula is C16H14Cl2N2O3. The molecule has 0 unspecified atom stereocenters. The van der Waals surface area contributed by atoms with Crippen LogP contribution in [0.25, 0.3) is 0 Å². The van der Waals surface area contributed by atoms with Crippen LogP contribution in [0.15, 0.2) is 41.5 Å². The quantitative estimate of drug-likeness (QED) is 0.633. The summed E-state index contributed by atoms with van der Waals surface area (Å²) >= 11 is 11.6. The minimum Gasteiger partial charge on any atom is -0.506 e. The van der Waals surface area contributed by atoms with E-state index >= 15 is 0 Å². The number of benzene rings is 2. The molecule has 2 rings (SSSR count). The Morgan fingerprint density at radius 1 is 1.30 bits per heavy atom. The highest BCUT2D eigenvalue weighted by Gasteiger charge is 2.14. The van der Waals surface area contributed by atoms with Crippen molar-refractivity contribution < 1.29 is 14.6 Å². The van der Waals surface area contributed by atoms with Gasteiger partial charge in [0.2, 0.25) is 0 Å². The molecule has 0 aliphatic carbocycles. The van der Waals surface area contributed by atoms with Crippen LogP contribution in [0, 0.1) is 0 Å². The van der Waals surface area contributed by atoms with Gasteiger partial charge in [-0.25, -0.2) is 5.43 Å². The monoisotopic (exact) mass is 352 g/mol. The highest BCUT2D eigenvalue weighted by Crippen LogP contribution is 2.30. The summed E-state index contributed by atoms with van der Waals surface area (Å²) in [6.07, 6.45) is 1.47. The van der Waals surface area contributed by atoms with E-state index in [4.69, 9.17) is 27.9 Å². The second-order valence-corrected chi connectivity index (χ2v) is 5.33. The van der Waals surface area contributed by atoms with Gasteiger partial charge in [-0.05, 0) is 48.9 Å². The molecule has 0 aliphatic rings. The van der Waals surface area contributed by atoms with Gasteiger partial charge in [-0.15, -0.1) is 0 Å². The van der Waals surface area contributed by atoms with Crippen molar-refractivity contribution in [2.24, 2.45) is 5.10 Å². The van der Waals surface area contributed by atoms with Gasteiger partial charge in [0.1, 0.15) is 11.5 Å². The van der Waals surface area contributed by atoms with Crippen molar-refractivity contribution in [3.05, 3.63) is 57.6 Å². The maximum absolute atomic E-state index is 12.0. The summed E-state index contributed by atoms with van der Waals surface area (Å²) in [5.74, 6) is -0.203. The first-order chi connectivity index (χ1) is 11.0. The largest absolute Gasteiger partial charge is 0.506 e. The lowest BCUT2D eigenvalue weighted by Crippen LogP contribution is -2.17. The Morgan fingerprint density at radius 3 is 2.65 bits per heavy atom. The molecule has 0 fully saturated rings. The van der Waals surface area contributed by atoms with Crippen LogP contribution in [0.2, 0.25) is 10.0 Å². The Balaban J connectivity index is 2.04. The molecule has 2 N–H and O–H groups in total. The van der Waals surface area contributed by atoms with Gasteiger partial charge in [0.05, 0.1) is 23.4 Å². The minimum atomic E-state index is -0.617. The van der Waals surface area contributed by atoms with Crippen LogP contribution in [0.1, 0.15) is 22.8 Å². The van der Waals surface area contributed by atoms with E-state index in [9.17, 15) is 9.90 Å². The van der Waals surface area contributed by atoms with E-state index in [1.54, 1.807) is 24.3 Å². The molecule has 0 bridgehead atoms. The number of phenolic OH excluding ortho intramolecular Hbond substituents is 1. The molecule has 2 aromatic carbocycles. The summed E-state index contributed by atoms with van der Waals surface area (Å²) in [4.78, 5) is 12.0. The summed E-state index contributed by atoms with van der Waals surface area (Å²) in [6, 6.07) is 9.86. The lowest BCUT2D eigenvalue weighted by atomic mass is 10.2. The zero-order valence-electron chi connectivity index (χ0n) is 12.2. The van der Waals surface area contributed by atoms with Crippen LogP contribution in [0.3, 0.4) is 0 Å². The van der Waals surface area contributed by atoms with Gasteiger partial charge in [0.25, 0.3) is 5.91 Å². The van der Waals surface area contributed by atoms with Crippen molar-refractivity contribution in [2.45, 2.75) is 6.92 Å². The highest BCUT2D eigenvalue weighted by molar-refractivity contribution is 6.36. The van der Waals surface area contributed by atoms with E-state index in [0.29, 0.717) is 6.61 Å². The molecule has 0 atom stereocenters. The summed E-state index contributed by atoms with van der Waals surface area (Å²) in [6.45, 7) is 2.50. The van der Waals surface area contributed by atoms with Crippen molar-refractivity contribution in [3.8, 4) is 11.5 Å². The number of phenols is 1. The van der Waals surface area contributed by atoms with Crippen molar-refractivity contribution in [2.75, 3.05) is 6.61 Å². The molecule has 2 aromatic rings. The first kappa shape index (κ1) is 17.1. The normalized spacial score (nSPS) is 10.7. The number of halogens is 2. The zero-order chi connectivity index (χ0) is 16.8. The average Bonchev–Trinajstić information content (AvgIpc) is 2.52. The second-order valence-electron chi connectivity index (χ2n) is 4.48. The van der Waals surface area contributed by atoms with Crippen molar-refractivity contribution in [1.82, 2.24) is 5.43 Å². The standard InChI is InChI=1S/C16H14Cl2N2O3/c1-2-23-12-5-3-10(4-6-12)9-19-20-16(22)13-7-11(17)8-14(18)15(13)21/h3-9,21H,2H2,1H3,(H,20,22)/b19-9-. The Bertz CT molecular complexity index is 731. The third-order valence-electron chi connectivity index (χ3n) is 2.84. The van der Waals surface area contributed by atoms with E-state index in [2.05, 4.69) is 10.5 Å². The number of nitrogens with zero attached hydrogens (tertiary/aromatic N) is 1. The Morgan fingerprint density at radius 2 is 2.00 bits per heavy atom. The fourth-order valence-corrected chi connectivity index (χ4v) is 2.27. The van der Waals surface area contributed by atoms with Crippen LogP contribution in [0.5, 0.6) is 11.5 Å². The molecule has 7 heteroatoms. The summed E-state index contributed by atoms with van der Waals surface area (Å²) in [7, 11) is 0. The summed E-state index contributed by atoms with van der Waals surface area (Å²) in [5, 5.41) is 13.8. The molecule has 120 valence electrons. The fourth-order valence-electron chi connectivity index (χ4n) is 1.78. The number of nitrogens with one attached hydrogen (secondary N) is 1. The number of rotatable bonds is 5. The molecule has 0 spiro atoms. The Kier molecular flexibility index (Phi) is 5.84. The van der Waals surface area contributed by atoms with Gasteiger partial charge in [-0.2, -0.15) is 5.10 Å². The van der Waals surface area contributed by atoms with E-state index < -0.39 is 5.91 Å². The number of hydrogen-bond donors (Lipinski definition) is 2. The zero-order valence-corrected chi connectivity index (χ0v) is 13.7. The van der Waals surface area contributed by atoms with Crippen LogP contribution in [-0.2, 0) is 0 Å². The second kappa shape index (κ2) is 7.85. The van der Waals surface area contributed by atoms with Gasteiger partial charge in [-0.1, -0.05) is 23.2 Å². The molecule has 1 amide bonds. The van der Waals surface area contributed by atoms with Crippen LogP contribution in [0.4, 0.5) is 0 Å². The van der Waals surface area contributed by atoms with Gasteiger partial charge in [0.15, 0.2) is 0 Å². The number of ether oxygens (including phenoxy) is 1. The predicted molar refractivity (Wildman–Crippen MR) is 90.8 cm³/mol. The molecular weight excluding hydrogens is 339 g/mol. The van der Waals surface area contributed by atoms with Crippen molar-refractivity contribution in [3.63, 3.8) is 0 Å². The molecule has 5 nitrogen and oxygen atoms in total. The lowest BCUT2D eigenvalue weighted by Gasteiger charge is -2.05. The maximum Gasteiger partial charge on any atom is 0.275 e. The number of amides is 1. The summed E-state index contributed by atoms with van der Waals surface area (Å²) in [5.41, 5.74) is 3.03. The third kappa shape index (κ3) is 4.61. The van der Waals surface area contributed by atoms with Crippen LogP contribution < -0.4 is 10.2 Å². The molecule has 0 saturated carbocycles. The molecule has 23 heavy (non-hydrogen) atoms. The third-order valence-corrected chi connectivity index (χ3v) is 3.35. The van der Waals surface area contributed by atoms with Gasteiger partial charge < -0.3 is 9.84 Å². The van der Waals surface area contributed by atoms with Crippen molar-refractivity contribution in [1.29, 1.82) is 0 Å². The van der Waals surface area contributed by atoms with Gasteiger partial charge >= 0.3 is 0 Å². The van der Waals surface area contributed by atoms with Crippen LogP contribution >= 0.6 is 23.2 Å². The molecule has 0 heterocycles. The van der Waals surface area contributed by atoms with Gasteiger partial charge in [0, 0.05) is 5.02 Å². The number of carbonyl (C=O) groups is 1. The SMILES string of the molecule is CCOc1ccc(/C=N\NC(=O)c2cc(Cl)cc(Cl)c2O)cc1. The molecule has 0 saturated heterocycles. The number of carbonyl (C=O) groups excluding carboxylic acids is 1. The molecule has 0 radical (unpaired) electrons. The first-order valence-corrected chi connectivity index (χ1v) is 7.51. The topological polar surface area (TPSA) is 70.9 Å². The van der Waals surface area contributed by atoms with Crippen LogP contribution in [-0.4, -0.2) is 23.8 Å². The Hall–Kier alpha value is -2.24. The predicted octanol–water partition coefficient (Wildman–Crippen LogP) is 3.86. The van der Waals surface area contributed by atoms with E-state index in [0.717, 1.165) is 11.3 Å². The maximum atomic E-state index is 12.0. The van der Waals surface area contributed by atoms with Crippen molar-refractivity contribution >= 4 is 35.3 Å². The number of hydrazone groups is 1.